The summed E-state index contributed by atoms with van der Waals surface area (Å²) in [6.45, 7) is -0.518. The number of carboxylic acids is 1. The molecule has 3 rings (SSSR count). The van der Waals surface area contributed by atoms with Gasteiger partial charge in [0.15, 0.2) is 0 Å². The summed E-state index contributed by atoms with van der Waals surface area (Å²) in [6.07, 6.45) is -2.98. The Morgan fingerprint density at radius 2 is 1.62 bits per heavy atom. The standard InChI is InChI=1S/C18H16FNO4/c19-16(17(21)22)9-20-18(23)24-10-15-13-7-3-1-5-11(13)12-6-2-4-8-14(12)15/h1-8,15-16H,9-10H2,(H,20,23)(H,21,22)/t16-/m1/s1. The molecule has 1 atom stereocenters. The molecule has 1 amide bonds. The number of fused-ring (bicyclic) bond motifs is 3. The van der Waals surface area contributed by atoms with Gasteiger partial charge in [-0.2, -0.15) is 0 Å². The largest absolute Gasteiger partial charge is 0.479 e. The molecule has 0 aromatic heterocycles. The summed E-state index contributed by atoms with van der Waals surface area (Å²) in [5.74, 6) is -1.71. The summed E-state index contributed by atoms with van der Waals surface area (Å²) in [5.41, 5.74) is 4.36. The van der Waals surface area contributed by atoms with E-state index in [1.165, 1.54) is 0 Å². The van der Waals surface area contributed by atoms with E-state index in [1.807, 2.05) is 48.5 Å². The number of hydrogen-bond acceptors (Lipinski definition) is 3. The molecule has 2 aromatic carbocycles. The van der Waals surface area contributed by atoms with Gasteiger partial charge >= 0.3 is 12.1 Å². The van der Waals surface area contributed by atoms with Gasteiger partial charge in [-0.15, -0.1) is 0 Å². The van der Waals surface area contributed by atoms with Gasteiger partial charge < -0.3 is 15.2 Å². The minimum Gasteiger partial charge on any atom is -0.479 e. The highest BCUT2D eigenvalue weighted by molar-refractivity contribution is 5.79. The SMILES string of the molecule is O=C(NC[C@@H](F)C(=O)O)OCC1c2ccccc2-c2ccccc21. The summed E-state index contributed by atoms with van der Waals surface area (Å²) in [7, 11) is 0. The summed E-state index contributed by atoms with van der Waals surface area (Å²) < 4.78 is 18.1. The number of alkyl carbamates (subject to hydrolysis) is 1. The molecule has 0 fully saturated rings. The maximum Gasteiger partial charge on any atom is 0.407 e. The molecule has 5 nitrogen and oxygen atoms in total. The van der Waals surface area contributed by atoms with E-state index in [-0.39, 0.29) is 12.5 Å². The number of alkyl halides is 1. The zero-order valence-corrected chi connectivity index (χ0v) is 12.7. The number of benzene rings is 2. The average molecular weight is 329 g/mol. The molecule has 124 valence electrons. The Morgan fingerprint density at radius 1 is 1.08 bits per heavy atom. The van der Waals surface area contributed by atoms with Gasteiger partial charge in [-0.1, -0.05) is 48.5 Å². The summed E-state index contributed by atoms with van der Waals surface area (Å²) in [5, 5.41) is 10.6. The Kier molecular flexibility index (Phi) is 4.46. The predicted octanol–water partition coefficient (Wildman–Crippen LogP) is 2.95. The van der Waals surface area contributed by atoms with Crippen molar-refractivity contribution < 1.29 is 23.8 Å². The number of aliphatic carboxylic acids is 1. The number of ether oxygens (including phenoxy) is 1. The van der Waals surface area contributed by atoms with Crippen LogP contribution in [0.4, 0.5) is 9.18 Å². The third-order valence-electron chi connectivity index (χ3n) is 4.04. The Labute approximate surface area is 138 Å². The molecule has 1 aliphatic carbocycles. The van der Waals surface area contributed by atoms with Gasteiger partial charge in [-0.25, -0.2) is 14.0 Å². The fourth-order valence-corrected chi connectivity index (χ4v) is 2.91. The van der Waals surface area contributed by atoms with Crippen LogP contribution in [0.2, 0.25) is 0 Å². The maximum absolute atomic E-state index is 13.0. The summed E-state index contributed by atoms with van der Waals surface area (Å²) >= 11 is 0. The number of rotatable bonds is 5. The van der Waals surface area contributed by atoms with E-state index in [2.05, 4.69) is 5.32 Å². The van der Waals surface area contributed by atoms with Crippen LogP contribution in [0.25, 0.3) is 11.1 Å². The highest BCUT2D eigenvalue weighted by Crippen LogP contribution is 2.44. The zero-order valence-electron chi connectivity index (χ0n) is 12.7. The van der Waals surface area contributed by atoms with E-state index in [4.69, 9.17) is 9.84 Å². The van der Waals surface area contributed by atoms with Gasteiger partial charge in [0.2, 0.25) is 6.17 Å². The van der Waals surface area contributed by atoms with Crippen molar-refractivity contribution >= 4 is 12.1 Å². The topological polar surface area (TPSA) is 75.6 Å². The Morgan fingerprint density at radius 3 is 2.17 bits per heavy atom. The normalized spacial score (nSPS) is 13.7. The molecule has 0 bridgehead atoms. The van der Waals surface area contributed by atoms with E-state index in [0.29, 0.717) is 0 Å². The first-order valence-electron chi connectivity index (χ1n) is 7.53. The second-order valence-electron chi connectivity index (χ2n) is 5.51. The lowest BCUT2D eigenvalue weighted by Crippen LogP contribution is -2.35. The number of carboxylic acid groups (broad SMARTS) is 1. The molecule has 2 N–H and O–H groups in total. The molecule has 0 heterocycles. The van der Waals surface area contributed by atoms with Gasteiger partial charge in [-0.3, -0.25) is 0 Å². The van der Waals surface area contributed by atoms with Crippen LogP contribution in [0, 0.1) is 0 Å². The second kappa shape index (κ2) is 6.70. The van der Waals surface area contributed by atoms with E-state index in [9.17, 15) is 14.0 Å². The number of halogens is 1. The third-order valence-corrected chi connectivity index (χ3v) is 4.04. The molecule has 0 saturated carbocycles. The fraction of sp³-hybridized carbons (Fsp3) is 0.222. The zero-order chi connectivity index (χ0) is 17.1. The summed E-state index contributed by atoms with van der Waals surface area (Å²) in [4.78, 5) is 22.0. The van der Waals surface area contributed by atoms with Crippen molar-refractivity contribution in [2.45, 2.75) is 12.1 Å². The van der Waals surface area contributed by atoms with E-state index < -0.39 is 24.8 Å². The molecule has 0 aliphatic heterocycles. The van der Waals surface area contributed by atoms with Crippen LogP contribution in [0.15, 0.2) is 48.5 Å². The van der Waals surface area contributed by atoms with Gasteiger partial charge in [-0.05, 0) is 22.3 Å². The van der Waals surface area contributed by atoms with Crippen molar-refractivity contribution in [3.63, 3.8) is 0 Å². The van der Waals surface area contributed by atoms with Crippen LogP contribution in [0.1, 0.15) is 17.0 Å². The molecule has 0 saturated heterocycles. The lowest BCUT2D eigenvalue weighted by molar-refractivity contribution is -0.142. The molecule has 24 heavy (non-hydrogen) atoms. The average Bonchev–Trinajstić information content (AvgIpc) is 2.92. The van der Waals surface area contributed by atoms with Crippen LogP contribution < -0.4 is 5.32 Å². The molecular weight excluding hydrogens is 313 g/mol. The number of hydrogen-bond donors (Lipinski definition) is 2. The molecule has 0 unspecified atom stereocenters. The molecule has 0 spiro atoms. The Hall–Kier alpha value is -2.89. The lowest BCUT2D eigenvalue weighted by Gasteiger charge is -2.14. The Bertz CT molecular complexity index is 732. The number of carbonyl (C=O) groups excluding carboxylic acids is 1. The fourth-order valence-electron chi connectivity index (χ4n) is 2.91. The van der Waals surface area contributed by atoms with Crippen molar-refractivity contribution in [2.24, 2.45) is 0 Å². The molecule has 1 aliphatic rings. The van der Waals surface area contributed by atoms with Crippen LogP contribution in [-0.4, -0.2) is 36.5 Å². The lowest BCUT2D eigenvalue weighted by atomic mass is 9.98. The van der Waals surface area contributed by atoms with Crippen LogP contribution in [-0.2, 0) is 9.53 Å². The van der Waals surface area contributed by atoms with E-state index in [1.54, 1.807) is 0 Å². The van der Waals surface area contributed by atoms with Crippen molar-refractivity contribution in [3.8, 4) is 11.1 Å². The van der Waals surface area contributed by atoms with Crippen LogP contribution >= 0.6 is 0 Å². The quantitative estimate of drug-likeness (QED) is 0.884. The number of amides is 1. The molecule has 6 heteroatoms. The smallest absolute Gasteiger partial charge is 0.407 e. The summed E-state index contributed by atoms with van der Waals surface area (Å²) in [6, 6.07) is 15.8. The number of carbonyl (C=O) groups is 2. The van der Waals surface area contributed by atoms with Crippen molar-refractivity contribution in [2.75, 3.05) is 13.2 Å². The molecule has 0 radical (unpaired) electrons. The van der Waals surface area contributed by atoms with E-state index >= 15 is 0 Å². The van der Waals surface area contributed by atoms with Gasteiger partial charge in [0.1, 0.15) is 6.61 Å². The van der Waals surface area contributed by atoms with Gasteiger partial charge in [0.25, 0.3) is 0 Å². The predicted molar refractivity (Wildman–Crippen MR) is 85.6 cm³/mol. The first-order chi connectivity index (χ1) is 11.6. The van der Waals surface area contributed by atoms with E-state index in [0.717, 1.165) is 22.3 Å². The maximum atomic E-state index is 13.0. The van der Waals surface area contributed by atoms with Gasteiger partial charge in [0.05, 0.1) is 6.54 Å². The Balaban J connectivity index is 1.67. The minimum atomic E-state index is -2.15. The van der Waals surface area contributed by atoms with Crippen molar-refractivity contribution in [3.05, 3.63) is 59.7 Å². The van der Waals surface area contributed by atoms with Crippen LogP contribution in [0.5, 0.6) is 0 Å². The van der Waals surface area contributed by atoms with Gasteiger partial charge in [0, 0.05) is 5.92 Å². The third kappa shape index (κ3) is 3.08. The number of nitrogens with one attached hydrogen (secondary N) is 1. The van der Waals surface area contributed by atoms with Crippen molar-refractivity contribution in [1.29, 1.82) is 0 Å². The molecular formula is C18H16FNO4. The van der Waals surface area contributed by atoms with Crippen LogP contribution in [0.3, 0.4) is 0 Å². The monoisotopic (exact) mass is 329 g/mol. The first kappa shape index (κ1) is 16.0. The molecule has 2 aromatic rings. The first-order valence-corrected chi connectivity index (χ1v) is 7.53. The van der Waals surface area contributed by atoms with Crippen molar-refractivity contribution in [1.82, 2.24) is 5.32 Å². The minimum absolute atomic E-state index is 0.0937. The highest BCUT2D eigenvalue weighted by Gasteiger charge is 2.29. The highest BCUT2D eigenvalue weighted by atomic mass is 19.1. The second-order valence-corrected chi connectivity index (χ2v) is 5.51.